The summed E-state index contributed by atoms with van der Waals surface area (Å²) in [4.78, 5) is 4.08. The first-order valence-corrected chi connectivity index (χ1v) is 6.02. The number of benzene rings is 1. The summed E-state index contributed by atoms with van der Waals surface area (Å²) in [5.74, 6) is 2.58. The van der Waals surface area contributed by atoms with E-state index in [4.69, 9.17) is 19.7 Å². The van der Waals surface area contributed by atoms with Crippen LogP contribution in [0.25, 0.3) is 0 Å². The molecule has 6 heteroatoms. The monoisotopic (exact) mass is 263 g/mol. The first kappa shape index (κ1) is 13.4. The van der Waals surface area contributed by atoms with Gasteiger partial charge in [-0.3, -0.25) is 0 Å². The Balaban J connectivity index is 2.10. The smallest absolute Gasteiger partial charge is 0.264 e. The summed E-state index contributed by atoms with van der Waals surface area (Å²) in [6.07, 6.45) is 0.718. The number of ether oxygens (including phenoxy) is 2. The molecule has 2 N–H and O–H groups in total. The number of nitrogens with two attached hydrogens (primary N) is 1. The lowest BCUT2D eigenvalue weighted by atomic mass is 10.1. The van der Waals surface area contributed by atoms with Gasteiger partial charge in [-0.1, -0.05) is 5.16 Å². The summed E-state index contributed by atoms with van der Waals surface area (Å²) in [7, 11) is 1.63. The van der Waals surface area contributed by atoms with Crippen LogP contribution >= 0.6 is 0 Å². The van der Waals surface area contributed by atoms with E-state index in [-0.39, 0.29) is 6.61 Å². The van der Waals surface area contributed by atoms with Crippen molar-refractivity contribution in [1.29, 1.82) is 0 Å². The summed E-state index contributed by atoms with van der Waals surface area (Å²) < 4.78 is 15.9. The van der Waals surface area contributed by atoms with Crippen molar-refractivity contribution >= 4 is 0 Å². The Kier molecular flexibility index (Phi) is 4.35. The van der Waals surface area contributed by atoms with Gasteiger partial charge in [-0.15, -0.1) is 0 Å². The highest BCUT2D eigenvalue weighted by atomic mass is 16.5. The van der Waals surface area contributed by atoms with E-state index in [1.807, 2.05) is 18.2 Å². The molecule has 6 nitrogen and oxygen atoms in total. The van der Waals surface area contributed by atoms with Gasteiger partial charge in [0.2, 0.25) is 0 Å². The maximum atomic E-state index is 5.68. The van der Waals surface area contributed by atoms with Crippen LogP contribution in [0.2, 0.25) is 0 Å². The fraction of sp³-hybridized carbons (Fsp3) is 0.385. The number of hydrogen-bond donors (Lipinski definition) is 1. The third kappa shape index (κ3) is 3.45. The molecule has 19 heavy (non-hydrogen) atoms. The number of aryl methyl sites for hydroxylation is 1. The standard InChI is InChI=1S/C13H17N3O3/c1-9-15-13(19-16-9)8-18-12-4-3-11(17-2)7-10(12)5-6-14/h3-4,7H,5-6,8,14H2,1-2H3. The molecule has 1 aromatic heterocycles. The van der Waals surface area contributed by atoms with Gasteiger partial charge in [-0.2, -0.15) is 4.98 Å². The predicted octanol–water partition coefficient (Wildman–Crippen LogP) is 1.47. The van der Waals surface area contributed by atoms with Gasteiger partial charge in [-0.05, 0) is 43.7 Å². The molecule has 2 aromatic rings. The van der Waals surface area contributed by atoms with Crippen LogP contribution in [0.4, 0.5) is 0 Å². The molecule has 0 bridgehead atoms. The van der Waals surface area contributed by atoms with E-state index in [0.29, 0.717) is 18.3 Å². The average molecular weight is 263 g/mol. The predicted molar refractivity (Wildman–Crippen MR) is 69.1 cm³/mol. The lowest BCUT2D eigenvalue weighted by Crippen LogP contribution is -2.06. The van der Waals surface area contributed by atoms with Crippen molar-refractivity contribution < 1.29 is 14.0 Å². The Labute approximate surface area is 111 Å². The van der Waals surface area contributed by atoms with Gasteiger partial charge < -0.3 is 19.7 Å². The second kappa shape index (κ2) is 6.19. The molecule has 0 aliphatic heterocycles. The SMILES string of the molecule is COc1ccc(OCc2nc(C)no2)c(CCN)c1. The minimum Gasteiger partial charge on any atom is -0.497 e. The van der Waals surface area contributed by atoms with E-state index < -0.39 is 0 Å². The van der Waals surface area contributed by atoms with Gasteiger partial charge in [0.15, 0.2) is 12.4 Å². The maximum Gasteiger partial charge on any atom is 0.264 e. The maximum absolute atomic E-state index is 5.68. The number of methoxy groups -OCH3 is 1. The molecule has 0 saturated carbocycles. The topological polar surface area (TPSA) is 83.4 Å². The van der Waals surface area contributed by atoms with Gasteiger partial charge in [-0.25, -0.2) is 0 Å². The van der Waals surface area contributed by atoms with Crippen molar-refractivity contribution in [3.8, 4) is 11.5 Å². The lowest BCUT2D eigenvalue weighted by Gasteiger charge is -2.11. The van der Waals surface area contributed by atoms with Crippen molar-refractivity contribution in [1.82, 2.24) is 10.1 Å². The molecular formula is C13H17N3O3. The number of hydrogen-bond acceptors (Lipinski definition) is 6. The van der Waals surface area contributed by atoms with E-state index in [1.54, 1.807) is 14.0 Å². The van der Waals surface area contributed by atoms with Crippen LogP contribution in [0.15, 0.2) is 22.7 Å². The van der Waals surface area contributed by atoms with E-state index in [0.717, 1.165) is 23.5 Å². The summed E-state index contributed by atoms with van der Waals surface area (Å²) >= 11 is 0. The summed E-state index contributed by atoms with van der Waals surface area (Å²) in [5.41, 5.74) is 6.59. The summed E-state index contributed by atoms with van der Waals surface area (Å²) in [6, 6.07) is 5.61. The molecule has 0 amide bonds. The van der Waals surface area contributed by atoms with Gasteiger partial charge in [0.25, 0.3) is 5.89 Å². The second-order valence-electron chi connectivity index (χ2n) is 4.04. The third-order valence-corrected chi connectivity index (χ3v) is 2.60. The zero-order chi connectivity index (χ0) is 13.7. The molecule has 0 aliphatic carbocycles. The lowest BCUT2D eigenvalue weighted by molar-refractivity contribution is 0.240. The number of aromatic nitrogens is 2. The molecule has 102 valence electrons. The van der Waals surface area contributed by atoms with E-state index in [9.17, 15) is 0 Å². The molecule has 2 rings (SSSR count). The van der Waals surface area contributed by atoms with Crippen LogP contribution in [0.3, 0.4) is 0 Å². The summed E-state index contributed by atoms with van der Waals surface area (Å²) in [5, 5.41) is 3.71. The molecule has 0 saturated heterocycles. The zero-order valence-electron chi connectivity index (χ0n) is 11.0. The molecule has 0 radical (unpaired) electrons. The van der Waals surface area contributed by atoms with E-state index >= 15 is 0 Å². The Morgan fingerprint density at radius 1 is 1.37 bits per heavy atom. The Hall–Kier alpha value is -2.08. The largest absolute Gasteiger partial charge is 0.497 e. The normalized spacial score (nSPS) is 10.5. The van der Waals surface area contributed by atoms with Crippen molar-refractivity contribution in [2.75, 3.05) is 13.7 Å². The van der Waals surface area contributed by atoms with Crippen LogP contribution in [0, 0.1) is 6.92 Å². The zero-order valence-corrected chi connectivity index (χ0v) is 11.0. The molecule has 0 fully saturated rings. The van der Waals surface area contributed by atoms with Crippen LogP contribution in [0.1, 0.15) is 17.3 Å². The van der Waals surface area contributed by atoms with Crippen LogP contribution in [0.5, 0.6) is 11.5 Å². The Morgan fingerprint density at radius 2 is 2.21 bits per heavy atom. The minimum atomic E-state index is 0.241. The van der Waals surface area contributed by atoms with Crippen molar-refractivity contribution in [3.63, 3.8) is 0 Å². The number of nitrogens with zero attached hydrogens (tertiary/aromatic N) is 2. The highest BCUT2D eigenvalue weighted by molar-refractivity contribution is 5.40. The summed E-state index contributed by atoms with van der Waals surface area (Å²) in [6.45, 7) is 2.55. The second-order valence-corrected chi connectivity index (χ2v) is 4.04. The molecule has 0 atom stereocenters. The van der Waals surface area contributed by atoms with E-state index in [2.05, 4.69) is 10.1 Å². The first-order chi connectivity index (χ1) is 9.22. The van der Waals surface area contributed by atoms with E-state index in [1.165, 1.54) is 0 Å². The Morgan fingerprint density at radius 3 is 2.84 bits per heavy atom. The van der Waals surface area contributed by atoms with Crippen molar-refractivity contribution in [3.05, 3.63) is 35.5 Å². The minimum absolute atomic E-state index is 0.241. The quantitative estimate of drug-likeness (QED) is 0.849. The van der Waals surface area contributed by atoms with Crippen LogP contribution in [-0.2, 0) is 13.0 Å². The van der Waals surface area contributed by atoms with Gasteiger partial charge >= 0.3 is 0 Å². The average Bonchev–Trinajstić information content (AvgIpc) is 2.83. The highest BCUT2D eigenvalue weighted by Crippen LogP contribution is 2.25. The van der Waals surface area contributed by atoms with Crippen LogP contribution < -0.4 is 15.2 Å². The molecule has 1 aromatic carbocycles. The van der Waals surface area contributed by atoms with Crippen molar-refractivity contribution in [2.24, 2.45) is 5.73 Å². The molecule has 0 unspecified atom stereocenters. The van der Waals surface area contributed by atoms with Gasteiger partial charge in [0.1, 0.15) is 11.5 Å². The molecule has 0 spiro atoms. The fourth-order valence-electron chi connectivity index (χ4n) is 1.71. The van der Waals surface area contributed by atoms with Gasteiger partial charge in [0.05, 0.1) is 7.11 Å². The number of rotatable bonds is 6. The molecule has 1 heterocycles. The first-order valence-electron chi connectivity index (χ1n) is 6.02. The highest BCUT2D eigenvalue weighted by Gasteiger charge is 2.08. The van der Waals surface area contributed by atoms with Gasteiger partial charge in [0, 0.05) is 0 Å². The molecule has 0 aliphatic rings. The fourth-order valence-corrected chi connectivity index (χ4v) is 1.71. The Bertz CT molecular complexity index is 540. The molecular weight excluding hydrogens is 246 g/mol. The van der Waals surface area contributed by atoms with Crippen LogP contribution in [-0.4, -0.2) is 23.8 Å². The third-order valence-electron chi connectivity index (χ3n) is 2.60. The van der Waals surface area contributed by atoms with Crippen molar-refractivity contribution in [2.45, 2.75) is 20.0 Å².